The third-order valence-electron chi connectivity index (χ3n) is 4.93. The minimum absolute atomic E-state index is 0.0185. The van der Waals surface area contributed by atoms with Gasteiger partial charge in [-0.05, 0) is 34.6 Å². The lowest BCUT2D eigenvalue weighted by molar-refractivity contribution is 0.0724. The fourth-order valence-corrected chi connectivity index (χ4v) is 3.61. The molecule has 3 heteroatoms. The van der Waals surface area contributed by atoms with E-state index in [9.17, 15) is 9.90 Å². The third-order valence-corrected chi connectivity index (χ3v) is 4.93. The molecule has 0 saturated carbocycles. The maximum atomic E-state index is 11.6. The molecule has 3 nitrogen and oxygen atoms in total. The summed E-state index contributed by atoms with van der Waals surface area (Å²) in [6.45, 7) is 6.94. The van der Waals surface area contributed by atoms with Crippen LogP contribution in [0.5, 0.6) is 0 Å². The zero-order chi connectivity index (χ0) is 17.3. The number of fused-ring (bicyclic) bond motifs is 1. The lowest BCUT2D eigenvalue weighted by Crippen LogP contribution is -2.50. The molecule has 1 saturated heterocycles. The van der Waals surface area contributed by atoms with Crippen LogP contribution in [0.2, 0.25) is 0 Å². The van der Waals surface area contributed by atoms with Crippen molar-refractivity contribution in [3.05, 3.63) is 53.6 Å². The molecule has 0 bridgehead atoms. The highest BCUT2D eigenvalue weighted by Gasteiger charge is 2.36. The Morgan fingerprint density at radius 2 is 1.88 bits per heavy atom. The van der Waals surface area contributed by atoms with Crippen molar-refractivity contribution in [2.24, 2.45) is 5.41 Å². The molecule has 0 radical (unpaired) electrons. The van der Waals surface area contributed by atoms with Crippen LogP contribution in [0.3, 0.4) is 0 Å². The van der Waals surface area contributed by atoms with Gasteiger partial charge in [-0.15, -0.1) is 0 Å². The zero-order valence-electron chi connectivity index (χ0n) is 14.6. The quantitative estimate of drug-likeness (QED) is 0.762. The van der Waals surface area contributed by atoms with Crippen LogP contribution in [0.15, 0.2) is 48.0 Å². The summed E-state index contributed by atoms with van der Waals surface area (Å²) in [5, 5.41) is 12.0. The van der Waals surface area contributed by atoms with Gasteiger partial charge in [0.15, 0.2) is 0 Å². The normalized spacial score (nSPS) is 20.5. The summed E-state index contributed by atoms with van der Waals surface area (Å²) in [6, 6.07) is 14.8. The van der Waals surface area contributed by atoms with Gasteiger partial charge in [0.05, 0.1) is 0 Å². The number of hydrogen-bond donors (Lipinski definition) is 1. The minimum Gasteiger partial charge on any atom is -0.465 e. The Balaban J connectivity index is 1.95. The van der Waals surface area contributed by atoms with Gasteiger partial charge in [-0.25, -0.2) is 4.79 Å². The van der Waals surface area contributed by atoms with Gasteiger partial charge < -0.3 is 10.0 Å². The molecular weight excluding hydrogens is 298 g/mol. The number of rotatable bonds is 1. The van der Waals surface area contributed by atoms with Crippen molar-refractivity contribution in [1.29, 1.82) is 0 Å². The number of amides is 1. The Morgan fingerprint density at radius 1 is 1.17 bits per heavy atom. The molecule has 1 aliphatic rings. The number of benzene rings is 2. The molecule has 0 aliphatic carbocycles. The van der Waals surface area contributed by atoms with E-state index in [1.54, 1.807) is 4.90 Å². The van der Waals surface area contributed by atoms with Gasteiger partial charge >= 0.3 is 6.09 Å². The molecule has 0 aromatic heterocycles. The van der Waals surface area contributed by atoms with E-state index in [2.05, 4.69) is 69.3 Å². The molecular formula is C21H25NO2. The summed E-state index contributed by atoms with van der Waals surface area (Å²) in [7, 11) is 0. The van der Waals surface area contributed by atoms with Crippen molar-refractivity contribution in [2.45, 2.75) is 39.7 Å². The van der Waals surface area contributed by atoms with Crippen molar-refractivity contribution >= 4 is 22.9 Å². The van der Waals surface area contributed by atoms with Crippen molar-refractivity contribution in [3.63, 3.8) is 0 Å². The second-order valence-corrected chi connectivity index (χ2v) is 7.68. The minimum atomic E-state index is -0.806. The van der Waals surface area contributed by atoms with Crippen molar-refractivity contribution in [1.82, 2.24) is 4.90 Å². The van der Waals surface area contributed by atoms with E-state index >= 15 is 0 Å². The topological polar surface area (TPSA) is 40.5 Å². The fraction of sp³-hybridized carbons (Fsp3) is 0.381. The van der Waals surface area contributed by atoms with Gasteiger partial charge in [-0.2, -0.15) is 0 Å². The van der Waals surface area contributed by atoms with Crippen LogP contribution in [0.4, 0.5) is 4.79 Å². The first-order chi connectivity index (χ1) is 11.4. The Kier molecular flexibility index (Phi) is 4.35. The molecule has 3 rings (SSSR count). The van der Waals surface area contributed by atoms with E-state index in [0.717, 1.165) is 12.8 Å². The van der Waals surface area contributed by atoms with Gasteiger partial charge in [-0.3, -0.25) is 0 Å². The van der Waals surface area contributed by atoms with E-state index in [1.807, 2.05) is 0 Å². The summed E-state index contributed by atoms with van der Waals surface area (Å²) in [5.74, 6) is 0. The molecule has 24 heavy (non-hydrogen) atoms. The summed E-state index contributed by atoms with van der Waals surface area (Å²) >= 11 is 0. The van der Waals surface area contributed by atoms with Gasteiger partial charge in [0.1, 0.15) is 0 Å². The first-order valence-electron chi connectivity index (χ1n) is 8.53. The second-order valence-electron chi connectivity index (χ2n) is 7.68. The molecule has 1 aliphatic heterocycles. The summed E-state index contributed by atoms with van der Waals surface area (Å²) in [4.78, 5) is 13.2. The van der Waals surface area contributed by atoms with E-state index in [-0.39, 0.29) is 11.5 Å². The first-order valence-corrected chi connectivity index (χ1v) is 8.53. The second kappa shape index (κ2) is 6.31. The van der Waals surface area contributed by atoms with Gasteiger partial charge in [0, 0.05) is 12.6 Å². The zero-order valence-corrected chi connectivity index (χ0v) is 14.6. The Labute approximate surface area is 143 Å². The average Bonchev–Trinajstić information content (AvgIpc) is 2.54. The van der Waals surface area contributed by atoms with Crippen LogP contribution in [0.1, 0.15) is 39.2 Å². The largest absolute Gasteiger partial charge is 0.465 e. The van der Waals surface area contributed by atoms with Crippen LogP contribution in [0, 0.1) is 5.41 Å². The van der Waals surface area contributed by atoms with Crippen LogP contribution in [-0.4, -0.2) is 28.7 Å². The highest BCUT2D eigenvalue weighted by Crippen LogP contribution is 2.35. The highest BCUT2D eigenvalue weighted by molar-refractivity contribution is 5.90. The predicted octanol–water partition coefficient (Wildman–Crippen LogP) is 5.41. The fourth-order valence-electron chi connectivity index (χ4n) is 3.61. The summed E-state index contributed by atoms with van der Waals surface area (Å²) < 4.78 is 0. The third kappa shape index (κ3) is 3.30. The SMILES string of the molecule is CC(C)(C)C1C/C(=C\c2cccc3ccccc23)CCN1C(=O)O. The Morgan fingerprint density at radius 3 is 2.58 bits per heavy atom. The number of likely N-dealkylation sites (tertiary alicyclic amines) is 1. The lowest BCUT2D eigenvalue weighted by Gasteiger charge is -2.42. The molecule has 1 atom stereocenters. The first kappa shape index (κ1) is 16.6. The monoisotopic (exact) mass is 323 g/mol. The van der Waals surface area contributed by atoms with E-state index in [4.69, 9.17) is 0 Å². The van der Waals surface area contributed by atoms with E-state index in [0.29, 0.717) is 6.54 Å². The molecule has 1 heterocycles. The molecule has 1 N–H and O–H groups in total. The van der Waals surface area contributed by atoms with Crippen molar-refractivity contribution in [2.75, 3.05) is 6.54 Å². The van der Waals surface area contributed by atoms with Crippen LogP contribution in [-0.2, 0) is 0 Å². The summed E-state index contributed by atoms with van der Waals surface area (Å²) in [6.07, 6.45) is 3.07. The molecule has 1 unspecified atom stereocenters. The smallest absolute Gasteiger partial charge is 0.407 e. The average molecular weight is 323 g/mol. The number of piperidine rings is 1. The van der Waals surface area contributed by atoms with Crippen LogP contribution in [0.25, 0.3) is 16.8 Å². The molecule has 1 amide bonds. The summed E-state index contributed by atoms with van der Waals surface area (Å²) in [5.41, 5.74) is 2.49. The number of carbonyl (C=O) groups is 1. The Hall–Kier alpha value is -2.29. The molecule has 2 aromatic rings. The highest BCUT2D eigenvalue weighted by atomic mass is 16.4. The maximum absolute atomic E-state index is 11.6. The molecule has 126 valence electrons. The lowest BCUT2D eigenvalue weighted by atomic mass is 9.79. The molecule has 2 aromatic carbocycles. The van der Waals surface area contributed by atoms with Crippen LogP contribution < -0.4 is 0 Å². The molecule has 0 spiro atoms. The van der Waals surface area contributed by atoms with Crippen molar-refractivity contribution < 1.29 is 9.90 Å². The van der Waals surface area contributed by atoms with Gasteiger partial charge in [-0.1, -0.05) is 74.9 Å². The van der Waals surface area contributed by atoms with Gasteiger partial charge in [0.2, 0.25) is 0 Å². The predicted molar refractivity (Wildman–Crippen MR) is 99.1 cm³/mol. The number of carboxylic acid groups (broad SMARTS) is 1. The standard InChI is InChI=1S/C21H25NO2/c1-21(2,3)19-14-15(11-12-22(19)20(23)24)13-17-9-6-8-16-7-4-5-10-18(16)17/h4-10,13,19H,11-12,14H2,1-3H3,(H,23,24)/b15-13-. The molecule has 1 fully saturated rings. The van der Waals surface area contributed by atoms with E-state index in [1.165, 1.54) is 21.9 Å². The van der Waals surface area contributed by atoms with E-state index < -0.39 is 6.09 Å². The van der Waals surface area contributed by atoms with Crippen LogP contribution >= 0.6 is 0 Å². The van der Waals surface area contributed by atoms with Crippen molar-refractivity contribution in [3.8, 4) is 0 Å². The Bertz CT molecular complexity index is 781. The number of hydrogen-bond acceptors (Lipinski definition) is 1. The number of nitrogens with zero attached hydrogens (tertiary/aromatic N) is 1. The maximum Gasteiger partial charge on any atom is 0.407 e. The van der Waals surface area contributed by atoms with Gasteiger partial charge in [0.25, 0.3) is 0 Å².